The molecule has 0 unspecified atom stereocenters. The van der Waals surface area contributed by atoms with Crippen LogP contribution < -0.4 is 19.5 Å². The van der Waals surface area contributed by atoms with Crippen molar-refractivity contribution in [2.45, 2.75) is 4.90 Å². The monoisotopic (exact) mass is 503 g/mol. The number of sulfonamides is 1. The lowest BCUT2D eigenvalue weighted by Crippen LogP contribution is -2.18. The van der Waals surface area contributed by atoms with Crippen LogP contribution in [-0.4, -0.2) is 33.5 Å². The number of amides is 1. The van der Waals surface area contributed by atoms with E-state index in [1.807, 2.05) is 0 Å². The van der Waals surface area contributed by atoms with Crippen LogP contribution >= 0.6 is 22.9 Å². The molecule has 0 spiro atoms. The number of ether oxygens (including phenoxy) is 2. The summed E-state index contributed by atoms with van der Waals surface area (Å²) >= 11 is 7.10. The third kappa shape index (κ3) is 4.87. The molecule has 0 radical (unpaired) electrons. The van der Waals surface area contributed by atoms with Crippen molar-refractivity contribution < 1.29 is 22.7 Å². The van der Waals surface area contributed by atoms with Gasteiger partial charge in [0.05, 0.1) is 40.6 Å². The third-order valence-electron chi connectivity index (χ3n) is 4.65. The molecule has 0 atom stereocenters. The number of thiazole rings is 1. The zero-order chi connectivity index (χ0) is 23.6. The normalized spacial score (nSPS) is 11.2. The summed E-state index contributed by atoms with van der Waals surface area (Å²) in [5.74, 6) is 0.561. The number of aromatic nitrogens is 1. The van der Waals surface area contributed by atoms with Crippen molar-refractivity contribution in [3.8, 4) is 11.5 Å². The van der Waals surface area contributed by atoms with Crippen LogP contribution in [0.5, 0.6) is 11.5 Å². The Morgan fingerprint density at radius 1 is 1.00 bits per heavy atom. The lowest BCUT2D eigenvalue weighted by atomic mass is 10.2. The first-order valence-electron chi connectivity index (χ1n) is 9.52. The number of benzene rings is 3. The Kier molecular flexibility index (Phi) is 6.41. The maximum Gasteiger partial charge on any atom is 0.261 e. The van der Waals surface area contributed by atoms with Crippen molar-refractivity contribution in [1.29, 1.82) is 0 Å². The van der Waals surface area contributed by atoms with Gasteiger partial charge >= 0.3 is 0 Å². The van der Waals surface area contributed by atoms with E-state index in [0.717, 1.165) is 4.70 Å². The molecule has 3 aromatic carbocycles. The van der Waals surface area contributed by atoms with Gasteiger partial charge in [0, 0.05) is 17.2 Å². The summed E-state index contributed by atoms with van der Waals surface area (Å²) in [6.07, 6.45) is 0. The highest BCUT2D eigenvalue weighted by Crippen LogP contribution is 2.36. The molecule has 11 heteroatoms. The molecule has 0 aliphatic rings. The summed E-state index contributed by atoms with van der Waals surface area (Å²) in [6, 6.07) is 15.5. The number of hydrogen-bond donors (Lipinski definition) is 2. The first-order chi connectivity index (χ1) is 15.8. The highest BCUT2D eigenvalue weighted by Gasteiger charge is 2.20. The zero-order valence-corrected chi connectivity index (χ0v) is 19.8. The second-order valence-electron chi connectivity index (χ2n) is 6.75. The van der Waals surface area contributed by atoms with Crippen molar-refractivity contribution in [3.05, 3.63) is 71.2 Å². The lowest BCUT2D eigenvalue weighted by molar-refractivity contribution is 0.102. The number of carbonyl (C=O) groups is 1. The van der Waals surface area contributed by atoms with Gasteiger partial charge in [-0.25, -0.2) is 13.4 Å². The number of para-hydroxylation sites is 1. The Morgan fingerprint density at radius 3 is 2.36 bits per heavy atom. The summed E-state index contributed by atoms with van der Waals surface area (Å²) in [4.78, 5) is 17.4. The standard InChI is InChI=1S/C22H18ClN3O5S2/c1-30-18-11-17-20(12-19(18)31-2)32-22(24-17)25-21(27)15-5-3-4-6-16(15)26-33(28,29)14-9-7-13(23)8-10-14/h3-12,26H,1-2H3,(H,24,25,27). The smallest absolute Gasteiger partial charge is 0.261 e. The molecule has 0 saturated carbocycles. The van der Waals surface area contributed by atoms with Crippen LogP contribution in [0, 0.1) is 0 Å². The molecule has 1 amide bonds. The van der Waals surface area contributed by atoms with E-state index in [1.165, 1.54) is 62.0 Å². The van der Waals surface area contributed by atoms with Gasteiger partial charge in [-0.1, -0.05) is 35.1 Å². The largest absolute Gasteiger partial charge is 0.493 e. The number of halogens is 1. The third-order valence-corrected chi connectivity index (χ3v) is 7.22. The van der Waals surface area contributed by atoms with Gasteiger partial charge in [-0.15, -0.1) is 0 Å². The second kappa shape index (κ2) is 9.26. The SMILES string of the molecule is COc1cc2nc(NC(=O)c3ccccc3NS(=O)(=O)c3ccc(Cl)cc3)sc2cc1OC. The summed E-state index contributed by atoms with van der Waals surface area (Å²) < 4.78 is 39.4. The van der Waals surface area contributed by atoms with Crippen LogP contribution in [0.3, 0.4) is 0 Å². The Morgan fingerprint density at radius 2 is 1.67 bits per heavy atom. The molecular weight excluding hydrogens is 486 g/mol. The Balaban J connectivity index is 1.60. The number of rotatable bonds is 7. The van der Waals surface area contributed by atoms with E-state index in [9.17, 15) is 13.2 Å². The van der Waals surface area contributed by atoms with Crippen molar-refractivity contribution in [2.24, 2.45) is 0 Å². The maximum absolute atomic E-state index is 13.0. The quantitative estimate of drug-likeness (QED) is 0.367. The van der Waals surface area contributed by atoms with E-state index >= 15 is 0 Å². The molecule has 4 rings (SSSR count). The minimum Gasteiger partial charge on any atom is -0.493 e. The molecule has 0 fully saturated rings. The van der Waals surface area contributed by atoms with Crippen molar-refractivity contribution in [1.82, 2.24) is 4.98 Å². The molecule has 33 heavy (non-hydrogen) atoms. The van der Waals surface area contributed by atoms with Crippen LogP contribution in [0.1, 0.15) is 10.4 Å². The number of anilines is 2. The fourth-order valence-corrected chi connectivity index (χ4v) is 5.14. The summed E-state index contributed by atoms with van der Waals surface area (Å²) in [5, 5.41) is 3.49. The molecule has 8 nitrogen and oxygen atoms in total. The van der Waals surface area contributed by atoms with Gasteiger partial charge in [0.25, 0.3) is 15.9 Å². The summed E-state index contributed by atoms with van der Waals surface area (Å²) in [5.41, 5.74) is 0.906. The van der Waals surface area contributed by atoms with Gasteiger partial charge in [-0.2, -0.15) is 0 Å². The van der Waals surface area contributed by atoms with Crippen molar-refractivity contribution in [3.63, 3.8) is 0 Å². The number of hydrogen-bond acceptors (Lipinski definition) is 7. The molecule has 0 saturated heterocycles. The molecule has 0 bridgehead atoms. The van der Waals surface area contributed by atoms with Gasteiger partial charge in [0.15, 0.2) is 16.6 Å². The molecule has 4 aromatic rings. The molecule has 1 heterocycles. The summed E-state index contributed by atoms with van der Waals surface area (Å²) in [6.45, 7) is 0. The molecule has 2 N–H and O–H groups in total. The topological polar surface area (TPSA) is 107 Å². The Hall–Kier alpha value is -3.34. The van der Waals surface area contributed by atoms with Gasteiger partial charge < -0.3 is 9.47 Å². The van der Waals surface area contributed by atoms with E-state index in [2.05, 4.69) is 15.0 Å². The fraction of sp³-hybridized carbons (Fsp3) is 0.0909. The highest BCUT2D eigenvalue weighted by molar-refractivity contribution is 7.92. The number of carbonyl (C=O) groups excluding carboxylic acids is 1. The van der Waals surface area contributed by atoms with Gasteiger partial charge in [0.1, 0.15) is 0 Å². The molecule has 0 aliphatic carbocycles. The average Bonchev–Trinajstić information content (AvgIpc) is 3.19. The predicted octanol–water partition coefficient (Wildman–Crippen LogP) is 5.02. The minimum atomic E-state index is -3.92. The van der Waals surface area contributed by atoms with Gasteiger partial charge in [-0.05, 0) is 36.4 Å². The first kappa shape index (κ1) is 22.8. The van der Waals surface area contributed by atoms with E-state index < -0.39 is 15.9 Å². The van der Waals surface area contributed by atoms with Crippen LogP contribution in [0.25, 0.3) is 10.2 Å². The number of methoxy groups -OCH3 is 2. The Bertz CT molecular complexity index is 1400. The van der Waals surface area contributed by atoms with E-state index in [1.54, 1.807) is 24.3 Å². The molecule has 1 aromatic heterocycles. The number of fused-ring (bicyclic) bond motifs is 1. The van der Waals surface area contributed by atoms with Crippen LogP contribution in [-0.2, 0) is 10.0 Å². The van der Waals surface area contributed by atoms with Crippen molar-refractivity contribution in [2.75, 3.05) is 24.3 Å². The predicted molar refractivity (Wildman–Crippen MR) is 129 cm³/mol. The molecule has 0 aliphatic heterocycles. The Labute approximate surface area is 199 Å². The van der Waals surface area contributed by atoms with E-state index in [4.69, 9.17) is 21.1 Å². The number of nitrogens with one attached hydrogen (secondary N) is 2. The average molecular weight is 504 g/mol. The summed E-state index contributed by atoms with van der Waals surface area (Å²) in [7, 11) is -0.859. The zero-order valence-electron chi connectivity index (χ0n) is 17.5. The fourth-order valence-electron chi connectivity index (χ4n) is 3.06. The first-order valence-corrected chi connectivity index (χ1v) is 12.2. The molecule has 170 valence electrons. The van der Waals surface area contributed by atoms with Crippen LogP contribution in [0.15, 0.2) is 65.6 Å². The maximum atomic E-state index is 13.0. The highest BCUT2D eigenvalue weighted by atomic mass is 35.5. The minimum absolute atomic E-state index is 0.0242. The second-order valence-corrected chi connectivity index (χ2v) is 9.90. The van der Waals surface area contributed by atoms with Crippen LogP contribution in [0.2, 0.25) is 5.02 Å². The van der Waals surface area contributed by atoms with Crippen molar-refractivity contribution >= 4 is 59.9 Å². The lowest BCUT2D eigenvalue weighted by Gasteiger charge is -2.12. The number of nitrogens with zero attached hydrogens (tertiary/aromatic N) is 1. The van der Waals surface area contributed by atoms with E-state index in [0.29, 0.717) is 27.2 Å². The van der Waals surface area contributed by atoms with Crippen LogP contribution in [0.4, 0.5) is 10.8 Å². The molecular formula is C22H18ClN3O5S2. The van der Waals surface area contributed by atoms with E-state index in [-0.39, 0.29) is 16.1 Å². The van der Waals surface area contributed by atoms with Gasteiger partial charge in [-0.3, -0.25) is 14.8 Å². The van der Waals surface area contributed by atoms with Gasteiger partial charge in [0.2, 0.25) is 0 Å².